The van der Waals surface area contributed by atoms with Crippen LogP contribution in [0.4, 0.5) is 0 Å². The Labute approximate surface area is 311 Å². The van der Waals surface area contributed by atoms with Gasteiger partial charge in [-0.05, 0) is 111 Å². The summed E-state index contributed by atoms with van der Waals surface area (Å²) in [5, 5.41) is 5.97. The second-order valence-electron chi connectivity index (χ2n) is 14.3. The molecule has 8 aromatic carbocycles. The molecule has 54 heavy (non-hydrogen) atoms. The molecule has 1 aliphatic carbocycles. The smallest absolute Gasteiger partial charge is 0.135 e. The number of aromatic nitrogens is 2. The molecule has 0 fully saturated rings. The van der Waals surface area contributed by atoms with Crippen molar-refractivity contribution in [2.24, 2.45) is 0 Å². The van der Waals surface area contributed by atoms with E-state index in [2.05, 4.69) is 174 Å². The standard InChI is InChI=1S/C51H30N2O/c1-2-9-36(10-3-1)53-47-24-21-33(27-41(47)42-28-34(22-25-48(42)53)35-23-26-50-43(29-35)39-13-6-7-16-49(39)54-50)31-17-19-32(20-18-31)46-30-44-38-12-5-4-11-37(38)40-14-8-15-45(52-46)51(40)44/h1-30H. The first-order valence-corrected chi connectivity index (χ1v) is 18.4. The summed E-state index contributed by atoms with van der Waals surface area (Å²) in [6, 6.07) is 65.5. The fourth-order valence-electron chi connectivity index (χ4n) is 8.80. The van der Waals surface area contributed by atoms with E-state index in [-0.39, 0.29) is 0 Å². The molecule has 0 atom stereocenters. The number of fused-ring (bicyclic) bond motifs is 9. The Kier molecular flexibility index (Phi) is 6.05. The molecule has 12 rings (SSSR count). The van der Waals surface area contributed by atoms with Crippen LogP contribution >= 0.6 is 0 Å². The van der Waals surface area contributed by atoms with Gasteiger partial charge >= 0.3 is 0 Å². The van der Waals surface area contributed by atoms with Gasteiger partial charge in [-0.3, -0.25) is 0 Å². The third kappa shape index (κ3) is 4.27. The molecule has 11 aromatic rings. The third-order valence-corrected chi connectivity index (χ3v) is 11.3. The molecule has 3 nitrogen and oxygen atoms in total. The van der Waals surface area contributed by atoms with E-state index in [1.54, 1.807) is 0 Å². The summed E-state index contributed by atoms with van der Waals surface area (Å²) in [7, 11) is 0. The van der Waals surface area contributed by atoms with E-state index in [0.717, 1.165) is 44.4 Å². The van der Waals surface area contributed by atoms with Gasteiger partial charge in [0.1, 0.15) is 11.2 Å². The first kappa shape index (κ1) is 29.4. The number of furan rings is 1. The lowest BCUT2D eigenvalue weighted by atomic mass is 9.98. The molecule has 0 saturated carbocycles. The van der Waals surface area contributed by atoms with Crippen molar-refractivity contribution in [2.45, 2.75) is 0 Å². The minimum atomic E-state index is 0.910. The molecule has 0 saturated heterocycles. The number of benzene rings is 8. The van der Waals surface area contributed by atoms with Gasteiger partial charge in [-0.2, -0.15) is 0 Å². The Morgan fingerprint density at radius 3 is 1.72 bits per heavy atom. The highest BCUT2D eigenvalue weighted by Gasteiger charge is 2.22. The topological polar surface area (TPSA) is 31.0 Å². The predicted molar refractivity (Wildman–Crippen MR) is 224 cm³/mol. The van der Waals surface area contributed by atoms with E-state index in [4.69, 9.17) is 9.40 Å². The van der Waals surface area contributed by atoms with Crippen molar-refractivity contribution in [1.29, 1.82) is 0 Å². The molecule has 0 bridgehead atoms. The van der Waals surface area contributed by atoms with Crippen LogP contribution in [-0.2, 0) is 0 Å². The van der Waals surface area contributed by atoms with Crippen molar-refractivity contribution in [3.63, 3.8) is 0 Å². The van der Waals surface area contributed by atoms with E-state index in [1.807, 2.05) is 12.1 Å². The highest BCUT2D eigenvalue weighted by molar-refractivity contribution is 6.15. The van der Waals surface area contributed by atoms with Crippen molar-refractivity contribution in [2.75, 3.05) is 0 Å². The SMILES string of the molecule is c1ccc(-n2c3ccc(-c4ccc(-c5cc6c7c(cccc7n5)-c5ccccc5-6)cc4)cc3c3cc(-c4ccc5oc6ccccc6c5c4)ccc32)cc1. The highest BCUT2D eigenvalue weighted by atomic mass is 16.3. The van der Waals surface area contributed by atoms with E-state index in [9.17, 15) is 0 Å². The average molecular weight is 687 g/mol. The molecule has 3 heterocycles. The van der Waals surface area contributed by atoms with E-state index in [1.165, 1.54) is 71.7 Å². The molecule has 250 valence electrons. The predicted octanol–water partition coefficient (Wildman–Crippen LogP) is 13.9. The Bertz CT molecular complexity index is 3310. The van der Waals surface area contributed by atoms with E-state index < -0.39 is 0 Å². The number of hydrogen-bond acceptors (Lipinski definition) is 2. The fourth-order valence-corrected chi connectivity index (χ4v) is 8.80. The van der Waals surface area contributed by atoms with Crippen LogP contribution in [0, 0.1) is 0 Å². The molecule has 0 spiro atoms. The van der Waals surface area contributed by atoms with Gasteiger partial charge in [-0.15, -0.1) is 0 Å². The second-order valence-corrected chi connectivity index (χ2v) is 14.3. The zero-order chi connectivity index (χ0) is 35.3. The fraction of sp³-hybridized carbons (Fsp3) is 0. The molecule has 3 aromatic heterocycles. The lowest BCUT2D eigenvalue weighted by molar-refractivity contribution is 0.669. The van der Waals surface area contributed by atoms with Gasteiger partial charge in [0.25, 0.3) is 0 Å². The minimum absolute atomic E-state index is 0.910. The Hall–Kier alpha value is -7.23. The number of para-hydroxylation sites is 2. The molecule has 0 radical (unpaired) electrons. The summed E-state index contributed by atoms with van der Waals surface area (Å²) in [6.07, 6.45) is 0. The van der Waals surface area contributed by atoms with Gasteiger partial charge < -0.3 is 8.98 Å². The maximum absolute atomic E-state index is 6.15. The highest BCUT2D eigenvalue weighted by Crippen LogP contribution is 2.48. The van der Waals surface area contributed by atoms with Gasteiger partial charge in [0, 0.05) is 38.2 Å². The van der Waals surface area contributed by atoms with Crippen LogP contribution < -0.4 is 0 Å². The molecule has 0 amide bonds. The average Bonchev–Trinajstić information content (AvgIpc) is 3.89. The maximum Gasteiger partial charge on any atom is 0.135 e. The number of nitrogens with zero attached hydrogens (tertiary/aromatic N) is 2. The third-order valence-electron chi connectivity index (χ3n) is 11.3. The lowest BCUT2D eigenvalue weighted by Gasteiger charge is -2.09. The van der Waals surface area contributed by atoms with Crippen LogP contribution in [0.3, 0.4) is 0 Å². The van der Waals surface area contributed by atoms with Crippen LogP contribution in [0.2, 0.25) is 0 Å². The van der Waals surface area contributed by atoms with Gasteiger partial charge in [-0.25, -0.2) is 4.98 Å². The quantitative estimate of drug-likeness (QED) is 0.184. The molecular weight excluding hydrogens is 657 g/mol. The van der Waals surface area contributed by atoms with Gasteiger partial charge in [0.15, 0.2) is 0 Å². The Morgan fingerprint density at radius 1 is 0.370 bits per heavy atom. The zero-order valence-corrected chi connectivity index (χ0v) is 29.1. The minimum Gasteiger partial charge on any atom is -0.456 e. The van der Waals surface area contributed by atoms with Crippen LogP contribution in [-0.4, -0.2) is 9.55 Å². The summed E-state index contributed by atoms with van der Waals surface area (Å²) in [5.41, 5.74) is 18.3. The monoisotopic (exact) mass is 686 g/mol. The summed E-state index contributed by atoms with van der Waals surface area (Å²) in [6.45, 7) is 0. The van der Waals surface area contributed by atoms with Crippen molar-refractivity contribution in [1.82, 2.24) is 9.55 Å². The van der Waals surface area contributed by atoms with Gasteiger partial charge in [0.05, 0.1) is 22.2 Å². The maximum atomic E-state index is 6.15. The molecule has 1 aliphatic rings. The molecule has 0 aliphatic heterocycles. The van der Waals surface area contributed by atoms with Gasteiger partial charge in [-0.1, -0.05) is 115 Å². The number of pyridine rings is 1. The van der Waals surface area contributed by atoms with Crippen LogP contribution in [0.15, 0.2) is 186 Å². The van der Waals surface area contributed by atoms with Crippen molar-refractivity contribution >= 4 is 54.6 Å². The first-order chi connectivity index (χ1) is 26.7. The molecule has 3 heteroatoms. The van der Waals surface area contributed by atoms with Crippen LogP contribution in [0.25, 0.3) is 116 Å². The zero-order valence-electron chi connectivity index (χ0n) is 29.1. The molecule has 0 N–H and O–H groups in total. The van der Waals surface area contributed by atoms with Crippen LogP contribution in [0.5, 0.6) is 0 Å². The molecular formula is C51H30N2O. The number of rotatable bonds is 4. The summed E-state index contributed by atoms with van der Waals surface area (Å²) >= 11 is 0. The van der Waals surface area contributed by atoms with Gasteiger partial charge in [0.2, 0.25) is 0 Å². The summed E-state index contributed by atoms with van der Waals surface area (Å²) < 4.78 is 8.53. The largest absolute Gasteiger partial charge is 0.456 e. The number of hydrogen-bond donors (Lipinski definition) is 0. The van der Waals surface area contributed by atoms with Crippen molar-refractivity contribution < 1.29 is 4.42 Å². The summed E-state index contributed by atoms with van der Waals surface area (Å²) in [4.78, 5) is 5.15. The van der Waals surface area contributed by atoms with Crippen molar-refractivity contribution in [3.05, 3.63) is 182 Å². The first-order valence-electron chi connectivity index (χ1n) is 18.4. The Morgan fingerprint density at radius 2 is 0.944 bits per heavy atom. The molecule has 0 unspecified atom stereocenters. The normalized spacial score (nSPS) is 12.1. The van der Waals surface area contributed by atoms with E-state index >= 15 is 0 Å². The van der Waals surface area contributed by atoms with Crippen molar-refractivity contribution in [3.8, 4) is 61.5 Å². The summed E-state index contributed by atoms with van der Waals surface area (Å²) in [5.74, 6) is 0. The van der Waals surface area contributed by atoms with E-state index in [0.29, 0.717) is 0 Å². The van der Waals surface area contributed by atoms with Crippen LogP contribution in [0.1, 0.15) is 0 Å². The Balaban J connectivity index is 0.982. The second kappa shape index (κ2) is 11.1. The lowest BCUT2D eigenvalue weighted by Crippen LogP contribution is -1.93.